The summed E-state index contributed by atoms with van der Waals surface area (Å²) in [6.45, 7) is 5.24. The van der Waals surface area contributed by atoms with E-state index in [0.29, 0.717) is 63.1 Å². The topological polar surface area (TPSA) is 128 Å². The highest BCUT2D eigenvalue weighted by Crippen LogP contribution is 2.28. The fraction of sp³-hybridized carbons (Fsp3) is 0.545. The Balaban J connectivity index is 1.49. The molecule has 11 nitrogen and oxygen atoms in total. The second kappa shape index (κ2) is 12.8. The van der Waals surface area contributed by atoms with Crippen LogP contribution in [0.2, 0.25) is 0 Å². The molecule has 0 unspecified atom stereocenters. The summed E-state index contributed by atoms with van der Waals surface area (Å²) in [5.41, 5.74) is 2.81. The van der Waals surface area contributed by atoms with Crippen LogP contribution in [0.4, 0.5) is 0 Å². The predicted molar refractivity (Wildman–Crippen MR) is 118 cm³/mol. The molecule has 0 saturated carbocycles. The van der Waals surface area contributed by atoms with Crippen LogP contribution in [0, 0.1) is 0 Å². The molecule has 3 amide bonds. The zero-order valence-corrected chi connectivity index (χ0v) is 18.7. The number of benzene rings is 1. The van der Waals surface area contributed by atoms with E-state index in [-0.39, 0.29) is 18.6 Å². The molecule has 2 aliphatic rings. The van der Waals surface area contributed by atoms with E-state index in [2.05, 4.69) is 15.8 Å². The summed E-state index contributed by atoms with van der Waals surface area (Å²) in [6, 6.07) is 5.03. The third-order valence-corrected chi connectivity index (χ3v) is 5.08. The maximum absolute atomic E-state index is 12.3. The van der Waals surface area contributed by atoms with E-state index >= 15 is 0 Å². The monoisotopic (exact) mass is 462 g/mol. The van der Waals surface area contributed by atoms with Gasteiger partial charge in [-0.05, 0) is 43.5 Å². The van der Waals surface area contributed by atoms with E-state index in [9.17, 15) is 14.4 Å². The van der Waals surface area contributed by atoms with Crippen molar-refractivity contribution in [2.75, 3.05) is 52.7 Å². The third kappa shape index (κ3) is 7.72. The van der Waals surface area contributed by atoms with Crippen LogP contribution >= 0.6 is 0 Å². The average molecular weight is 463 g/mol. The zero-order chi connectivity index (χ0) is 23.5. The number of nitrogens with zero attached hydrogens (tertiary/aromatic N) is 2. The second-order valence-corrected chi connectivity index (χ2v) is 7.47. The van der Waals surface area contributed by atoms with Gasteiger partial charge in [-0.15, -0.1) is 0 Å². The summed E-state index contributed by atoms with van der Waals surface area (Å²) in [7, 11) is 0. The first-order chi connectivity index (χ1) is 16.1. The number of hydrogen-bond acceptors (Lipinski definition) is 8. The molecule has 2 N–H and O–H groups in total. The van der Waals surface area contributed by atoms with Crippen molar-refractivity contribution in [3.63, 3.8) is 0 Å². The molecule has 0 aromatic heterocycles. The first-order valence-electron chi connectivity index (χ1n) is 11.0. The predicted octanol–water partition coefficient (Wildman–Crippen LogP) is 0.0682. The minimum atomic E-state index is -0.865. The van der Waals surface area contributed by atoms with Crippen LogP contribution in [0.25, 0.3) is 0 Å². The minimum Gasteiger partial charge on any atom is -0.490 e. The van der Waals surface area contributed by atoms with Gasteiger partial charge in [0.2, 0.25) is 0 Å². The number of amides is 3. The van der Waals surface area contributed by atoms with Crippen LogP contribution in [-0.4, -0.2) is 87.6 Å². The van der Waals surface area contributed by atoms with Crippen molar-refractivity contribution in [1.29, 1.82) is 0 Å². The highest BCUT2D eigenvalue weighted by atomic mass is 16.5. The van der Waals surface area contributed by atoms with Gasteiger partial charge in [-0.3, -0.25) is 14.4 Å². The maximum Gasteiger partial charge on any atom is 0.329 e. The van der Waals surface area contributed by atoms with Gasteiger partial charge in [0.1, 0.15) is 0 Å². The van der Waals surface area contributed by atoms with Crippen LogP contribution in [0.5, 0.6) is 11.5 Å². The molecule has 0 spiro atoms. The lowest BCUT2D eigenvalue weighted by molar-refractivity contribution is -0.139. The van der Waals surface area contributed by atoms with Crippen LogP contribution < -0.4 is 20.2 Å². The van der Waals surface area contributed by atoms with Crippen molar-refractivity contribution in [3.8, 4) is 11.5 Å². The van der Waals surface area contributed by atoms with Gasteiger partial charge in [0.05, 0.1) is 32.1 Å². The van der Waals surface area contributed by atoms with Crippen molar-refractivity contribution in [3.05, 3.63) is 23.8 Å². The first kappa shape index (κ1) is 24.5. The minimum absolute atomic E-state index is 0.0489. The smallest absolute Gasteiger partial charge is 0.329 e. The van der Waals surface area contributed by atoms with Gasteiger partial charge < -0.3 is 29.2 Å². The molecular formula is C22H30N4O7. The molecule has 180 valence electrons. The van der Waals surface area contributed by atoms with Crippen molar-refractivity contribution < 1.29 is 33.3 Å². The number of nitrogens with one attached hydrogen (secondary N) is 2. The molecule has 11 heteroatoms. The van der Waals surface area contributed by atoms with Crippen LogP contribution in [0.15, 0.2) is 23.3 Å². The quantitative estimate of drug-likeness (QED) is 0.302. The first-order valence-corrected chi connectivity index (χ1v) is 11.0. The molecule has 1 aromatic rings. The number of carbonyl (C=O) groups excluding carboxylic acids is 3. The van der Waals surface area contributed by atoms with Crippen molar-refractivity contribution in [2.45, 2.75) is 25.9 Å². The molecule has 33 heavy (non-hydrogen) atoms. The summed E-state index contributed by atoms with van der Waals surface area (Å²) in [5, 5.41) is 6.35. The molecule has 0 radical (unpaired) electrons. The molecule has 1 aromatic carbocycles. The lowest BCUT2D eigenvalue weighted by Gasteiger charge is -2.26. The summed E-state index contributed by atoms with van der Waals surface area (Å²) in [4.78, 5) is 37.7. The zero-order valence-electron chi connectivity index (χ0n) is 18.7. The molecule has 2 saturated heterocycles. The number of hydrazone groups is 1. The number of ether oxygens (including phenoxy) is 4. The summed E-state index contributed by atoms with van der Waals surface area (Å²) in [6.07, 6.45) is 3.15. The standard InChI is InChI=1S/C22H30N4O7/c1-2-31-19-12-16(5-6-18(19)33-15-20(27)26-7-10-30-11-8-26)13-24-25-22(29)21(28)23-14-17-4-3-9-32-17/h5-6,12-13,17H,2-4,7-11,14-15H2,1H3,(H,23,28)(H,25,29)/b24-13-/t17-/m0/s1. The van der Waals surface area contributed by atoms with E-state index in [1.807, 2.05) is 6.92 Å². The van der Waals surface area contributed by atoms with E-state index in [4.69, 9.17) is 18.9 Å². The van der Waals surface area contributed by atoms with E-state index in [1.165, 1.54) is 6.21 Å². The van der Waals surface area contributed by atoms with Crippen molar-refractivity contribution in [1.82, 2.24) is 15.6 Å². The lowest BCUT2D eigenvalue weighted by atomic mass is 10.2. The Morgan fingerprint density at radius 3 is 2.70 bits per heavy atom. The summed E-state index contributed by atoms with van der Waals surface area (Å²) >= 11 is 0. The molecule has 1 atom stereocenters. The van der Waals surface area contributed by atoms with Gasteiger partial charge in [-0.2, -0.15) is 5.10 Å². The lowest BCUT2D eigenvalue weighted by Crippen LogP contribution is -2.43. The summed E-state index contributed by atoms with van der Waals surface area (Å²) < 4.78 is 21.9. The fourth-order valence-electron chi connectivity index (χ4n) is 3.34. The van der Waals surface area contributed by atoms with E-state index < -0.39 is 11.8 Å². The Bertz CT molecular complexity index is 849. The average Bonchev–Trinajstić information content (AvgIpc) is 3.36. The second-order valence-electron chi connectivity index (χ2n) is 7.47. The van der Waals surface area contributed by atoms with Crippen molar-refractivity contribution in [2.24, 2.45) is 5.10 Å². The summed E-state index contributed by atoms with van der Waals surface area (Å²) in [5.74, 6) is -0.890. The number of carbonyl (C=O) groups is 3. The largest absolute Gasteiger partial charge is 0.490 e. The Kier molecular flexibility index (Phi) is 9.45. The fourth-order valence-corrected chi connectivity index (χ4v) is 3.34. The Hall–Kier alpha value is -3.18. The van der Waals surface area contributed by atoms with E-state index in [1.54, 1.807) is 23.1 Å². The Labute approximate surface area is 192 Å². The van der Waals surface area contributed by atoms with Gasteiger partial charge in [-0.25, -0.2) is 5.43 Å². The van der Waals surface area contributed by atoms with Crippen LogP contribution in [0.1, 0.15) is 25.3 Å². The Morgan fingerprint density at radius 2 is 1.97 bits per heavy atom. The van der Waals surface area contributed by atoms with E-state index in [0.717, 1.165) is 12.8 Å². The molecule has 0 aliphatic carbocycles. The van der Waals surface area contributed by atoms with Crippen molar-refractivity contribution >= 4 is 23.9 Å². The van der Waals surface area contributed by atoms with Crippen LogP contribution in [-0.2, 0) is 23.9 Å². The molecule has 2 heterocycles. The van der Waals surface area contributed by atoms with Gasteiger partial charge >= 0.3 is 11.8 Å². The highest BCUT2D eigenvalue weighted by molar-refractivity contribution is 6.35. The number of morpholine rings is 1. The van der Waals surface area contributed by atoms with Gasteiger partial charge in [0.15, 0.2) is 18.1 Å². The SMILES string of the molecule is CCOc1cc(/C=N\NC(=O)C(=O)NC[C@@H]2CCCO2)ccc1OCC(=O)N1CCOCC1. The van der Waals surface area contributed by atoms with Gasteiger partial charge in [0.25, 0.3) is 5.91 Å². The number of hydrogen-bond donors (Lipinski definition) is 2. The highest BCUT2D eigenvalue weighted by Gasteiger charge is 2.20. The van der Waals surface area contributed by atoms with Gasteiger partial charge in [0, 0.05) is 26.2 Å². The molecule has 0 bridgehead atoms. The molecule has 2 aliphatic heterocycles. The maximum atomic E-state index is 12.3. The third-order valence-electron chi connectivity index (χ3n) is 5.08. The Morgan fingerprint density at radius 1 is 1.15 bits per heavy atom. The normalized spacial score (nSPS) is 18.2. The van der Waals surface area contributed by atoms with Crippen LogP contribution in [0.3, 0.4) is 0 Å². The molecule has 3 rings (SSSR count). The number of rotatable bonds is 9. The molecular weight excluding hydrogens is 432 g/mol. The molecule has 2 fully saturated rings. The van der Waals surface area contributed by atoms with Gasteiger partial charge in [-0.1, -0.05) is 0 Å².